The zero-order valence-electron chi connectivity index (χ0n) is 9.02. The highest BCUT2D eigenvalue weighted by molar-refractivity contribution is 7.99. The van der Waals surface area contributed by atoms with Gasteiger partial charge in [0.2, 0.25) is 0 Å². The largest absolute Gasteiger partial charge is 0.266 e. The molecular weight excluding hydrogens is 279 g/mol. The van der Waals surface area contributed by atoms with Crippen LogP contribution >= 0.6 is 11.8 Å². The molecule has 0 saturated carbocycles. The van der Waals surface area contributed by atoms with Crippen molar-refractivity contribution in [1.29, 1.82) is 0 Å². The second-order valence-corrected chi connectivity index (χ2v) is 4.95. The molecule has 0 bridgehead atoms. The average molecular weight is 287 g/mol. The van der Waals surface area contributed by atoms with Gasteiger partial charge in [0.15, 0.2) is 0 Å². The number of halogens is 3. The Morgan fingerprint density at radius 1 is 0.889 bits per heavy atom. The Hall–Kier alpha value is -1.27. The number of hydrogen-bond donors (Lipinski definition) is 0. The molecule has 2 aromatic rings. The van der Waals surface area contributed by atoms with Crippen molar-refractivity contribution >= 4 is 28.9 Å². The number of nitrogens with zero attached hydrogens (tertiary/aromatic N) is 1. The summed E-state index contributed by atoms with van der Waals surface area (Å²) in [5.74, 6) is -0.378. The first-order valence-electron chi connectivity index (χ1n) is 4.97. The lowest BCUT2D eigenvalue weighted by molar-refractivity contribution is 0.602. The molecule has 0 aliphatic carbocycles. The van der Waals surface area contributed by atoms with Crippen LogP contribution in [0.4, 0.5) is 17.8 Å². The Labute approximate surface area is 110 Å². The van der Waals surface area contributed by atoms with Crippen molar-refractivity contribution < 1.29 is 12.2 Å². The van der Waals surface area contributed by atoms with Crippen molar-refractivity contribution in [2.45, 2.75) is 9.79 Å². The minimum absolute atomic E-state index is 0.180. The van der Waals surface area contributed by atoms with Gasteiger partial charge in [-0.05, 0) is 24.3 Å². The minimum Gasteiger partial charge on any atom is -0.206 e. The third-order valence-electron chi connectivity index (χ3n) is 2.09. The molecule has 94 valence electrons. The van der Waals surface area contributed by atoms with Crippen LogP contribution in [0, 0.1) is 5.82 Å². The number of hydrogen-bond acceptors (Lipinski definition) is 2. The molecule has 0 saturated heterocycles. The molecule has 6 heteroatoms. The van der Waals surface area contributed by atoms with E-state index in [2.05, 4.69) is 4.36 Å². The van der Waals surface area contributed by atoms with E-state index in [0.29, 0.717) is 9.79 Å². The summed E-state index contributed by atoms with van der Waals surface area (Å²) in [6.07, 6.45) is 0. The normalized spacial score (nSPS) is 10.7. The molecule has 0 heterocycles. The quantitative estimate of drug-likeness (QED) is 0.757. The summed E-state index contributed by atoms with van der Waals surface area (Å²) in [6.45, 7) is 0. The van der Waals surface area contributed by atoms with Gasteiger partial charge in [-0.1, -0.05) is 36.0 Å². The van der Waals surface area contributed by atoms with Gasteiger partial charge in [0, 0.05) is 9.79 Å². The lowest BCUT2D eigenvalue weighted by Crippen LogP contribution is -1.80. The van der Waals surface area contributed by atoms with Crippen LogP contribution < -0.4 is 0 Å². The Balaban J connectivity index is 2.35. The molecular formula is C12H8F3NS2. The van der Waals surface area contributed by atoms with Gasteiger partial charge < -0.3 is 0 Å². The first-order valence-corrected chi connectivity index (χ1v) is 6.77. The zero-order valence-corrected chi connectivity index (χ0v) is 10.6. The SMILES string of the molecule is Fc1ccccc1Sc1ccccc1N=S(F)F. The summed E-state index contributed by atoms with van der Waals surface area (Å²) >= 11 is -1.94. The molecule has 2 aromatic carbocycles. The lowest BCUT2D eigenvalue weighted by atomic mass is 10.3. The van der Waals surface area contributed by atoms with Crippen molar-refractivity contribution in [2.75, 3.05) is 0 Å². The van der Waals surface area contributed by atoms with E-state index in [1.165, 1.54) is 12.1 Å². The fourth-order valence-electron chi connectivity index (χ4n) is 1.34. The molecule has 0 radical (unpaired) electrons. The molecule has 0 N–H and O–H groups in total. The smallest absolute Gasteiger partial charge is 0.206 e. The Morgan fingerprint density at radius 3 is 2.17 bits per heavy atom. The number of benzene rings is 2. The van der Waals surface area contributed by atoms with Crippen LogP contribution in [-0.2, 0) is 11.5 Å². The molecule has 0 atom stereocenters. The Kier molecular flexibility index (Phi) is 4.43. The monoisotopic (exact) mass is 287 g/mol. The summed E-state index contributed by atoms with van der Waals surface area (Å²) in [5, 5.41) is 0. The summed E-state index contributed by atoms with van der Waals surface area (Å²) in [4.78, 5) is 0.896. The predicted octanol–water partition coefficient (Wildman–Crippen LogP) is 5.18. The van der Waals surface area contributed by atoms with E-state index < -0.39 is 11.5 Å². The van der Waals surface area contributed by atoms with Crippen LogP contribution in [0.1, 0.15) is 0 Å². The minimum atomic E-state index is -3.02. The van der Waals surface area contributed by atoms with E-state index in [0.717, 1.165) is 11.8 Å². The highest BCUT2D eigenvalue weighted by Gasteiger charge is 2.07. The molecule has 2 rings (SSSR count). The molecule has 1 nitrogen and oxygen atoms in total. The molecule has 0 fully saturated rings. The maximum absolute atomic E-state index is 13.5. The highest BCUT2D eigenvalue weighted by Crippen LogP contribution is 2.36. The highest BCUT2D eigenvalue weighted by atomic mass is 32.2. The van der Waals surface area contributed by atoms with Gasteiger partial charge in [0.25, 0.3) is 11.5 Å². The van der Waals surface area contributed by atoms with Gasteiger partial charge in [-0.25, -0.2) is 4.39 Å². The van der Waals surface area contributed by atoms with Crippen molar-refractivity contribution in [3.63, 3.8) is 0 Å². The second kappa shape index (κ2) is 6.06. The summed E-state index contributed by atoms with van der Waals surface area (Å²) in [7, 11) is 0. The first kappa shape index (κ1) is 13.2. The molecule has 0 amide bonds. The van der Waals surface area contributed by atoms with Crippen LogP contribution in [0.25, 0.3) is 0 Å². The zero-order chi connectivity index (χ0) is 13.0. The van der Waals surface area contributed by atoms with Crippen molar-refractivity contribution in [1.82, 2.24) is 0 Å². The van der Waals surface area contributed by atoms with E-state index >= 15 is 0 Å². The Morgan fingerprint density at radius 2 is 1.50 bits per heavy atom. The molecule has 0 spiro atoms. The van der Waals surface area contributed by atoms with Gasteiger partial charge in [-0.3, -0.25) is 0 Å². The van der Waals surface area contributed by atoms with Gasteiger partial charge in [0.05, 0.1) is 5.69 Å². The molecule has 0 aliphatic heterocycles. The maximum Gasteiger partial charge on any atom is 0.266 e. The lowest BCUT2D eigenvalue weighted by Gasteiger charge is -2.05. The van der Waals surface area contributed by atoms with Crippen LogP contribution in [0.2, 0.25) is 0 Å². The summed E-state index contributed by atoms with van der Waals surface area (Å²) in [6, 6.07) is 12.7. The summed E-state index contributed by atoms with van der Waals surface area (Å²) in [5.41, 5.74) is 0.180. The van der Waals surface area contributed by atoms with Gasteiger partial charge in [-0.2, -0.15) is 4.36 Å². The van der Waals surface area contributed by atoms with Crippen molar-refractivity contribution in [3.8, 4) is 0 Å². The third kappa shape index (κ3) is 3.36. The van der Waals surface area contributed by atoms with E-state index in [1.807, 2.05) is 0 Å². The molecule has 0 unspecified atom stereocenters. The fourth-order valence-corrected chi connectivity index (χ4v) is 2.62. The molecule has 0 aliphatic rings. The Bertz CT molecular complexity index is 583. The third-order valence-corrected chi connectivity index (χ3v) is 3.54. The first-order chi connectivity index (χ1) is 8.66. The predicted molar refractivity (Wildman–Crippen MR) is 68.6 cm³/mol. The topological polar surface area (TPSA) is 12.4 Å². The van der Waals surface area contributed by atoms with Crippen LogP contribution in [0.3, 0.4) is 0 Å². The van der Waals surface area contributed by atoms with E-state index in [-0.39, 0.29) is 11.5 Å². The maximum atomic E-state index is 13.5. The van der Waals surface area contributed by atoms with Crippen LogP contribution in [-0.4, -0.2) is 0 Å². The average Bonchev–Trinajstić information content (AvgIpc) is 2.34. The molecule has 0 aromatic heterocycles. The fraction of sp³-hybridized carbons (Fsp3) is 0. The van der Waals surface area contributed by atoms with E-state index in [4.69, 9.17) is 0 Å². The van der Waals surface area contributed by atoms with Crippen molar-refractivity contribution in [2.24, 2.45) is 4.36 Å². The standard InChI is InChI=1S/C12H8F3NS2/c13-9-5-1-3-7-11(9)17-12-8-4-2-6-10(12)16-18(14)15/h1-8H. The van der Waals surface area contributed by atoms with Gasteiger partial charge in [-0.15, -0.1) is 7.77 Å². The summed E-state index contributed by atoms with van der Waals surface area (Å²) < 4.78 is 41.3. The van der Waals surface area contributed by atoms with Gasteiger partial charge in [0.1, 0.15) is 5.82 Å². The van der Waals surface area contributed by atoms with Gasteiger partial charge >= 0.3 is 0 Å². The van der Waals surface area contributed by atoms with Crippen LogP contribution in [0.15, 0.2) is 62.7 Å². The van der Waals surface area contributed by atoms with E-state index in [1.54, 1.807) is 36.4 Å². The number of rotatable bonds is 3. The van der Waals surface area contributed by atoms with E-state index in [9.17, 15) is 12.2 Å². The van der Waals surface area contributed by atoms with Crippen LogP contribution in [0.5, 0.6) is 0 Å². The van der Waals surface area contributed by atoms with Crippen molar-refractivity contribution in [3.05, 3.63) is 54.3 Å². The second-order valence-electron chi connectivity index (χ2n) is 3.29. The molecule has 18 heavy (non-hydrogen) atoms.